The number of nitrogens with zero attached hydrogens (tertiary/aromatic N) is 1. The van der Waals surface area contributed by atoms with E-state index in [4.69, 9.17) is 14.2 Å². The van der Waals surface area contributed by atoms with E-state index in [0.29, 0.717) is 26.3 Å². The van der Waals surface area contributed by atoms with Gasteiger partial charge in [-0.05, 0) is 37.5 Å². The van der Waals surface area contributed by atoms with Crippen molar-refractivity contribution < 1.29 is 19.0 Å². The number of rotatable bonds is 5. The van der Waals surface area contributed by atoms with Crippen molar-refractivity contribution in [2.45, 2.75) is 44.4 Å². The number of carbonyl (C=O) groups is 1. The van der Waals surface area contributed by atoms with Crippen molar-refractivity contribution in [1.82, 2.24) is 10.2 Å². The molecule has 1 atom stereocenters. The molecule has 6 nitrogen and oxygen atoms in total. The van der Waals surface area contributed by atoms with Gasteiger partial charge in [-0.15, -0.1) is 0 Å². The molecule has 2 aliphatic rings. The second-order valence-electron chi connectivity index (χ2n) is 6.83. The normalized spacial score (nSPS) is 20.5. The van der Waals surface area contributed by atoms with Gasteiger partial charge in [-0.2, -0.15) is 0 Å². The maximum Gasteiger partial charge on any atom is 0.317 e. The summed E-state index contributed by atoms with van der Waals surface area (Å²) in [6.45, 7) is 4.73. The van der Waals surface area contributed by atoms with Crippen LogP contribution >= 0.6 is 0 Å². The standard InChI is InChI=1S/C19H28N2O4/c1-15(3-4-16-5-7-17(23-2)8-6-16)20-18(22)21-11-9-19(10-12-21)24-13-14-25-19/h5-8,15H,3-4,9-14H2,1-2H3,(H,20,22). The number of hydrogen-bond acceptors (Lipinski definition) is 4. The van der Waals surface area contributed by atoms with Crippen LogP contribution in [0.15, 0.2) is 24.3 Å². The zero-order chi connectivity index (χ0) is 17.7. The molecule has 0 aromatic heterocycles. The van der Waals surface area contributed by atoms with Crippen LogP contribution in [0.1, 0.15) is 31.7 Å². The van der Waals surface area contributed by atoms with E-state index in [9.17, 15) is 4.79 Å². The molecule has 1 aromatic carbocycles. The first-order valence-corrected chi connectivity index (χ1v) is 9.06. The van der Waals surface area contributed by atoms with E-state index in [1.54, 1.807) is 7.11 Å². The molecule has 2 aliphatic heterocycles. The third-order valence-electron chi connectivity index (χ3n) is 5.02. The van der Waals surface area contributed by atoms with Crippen molar-refractivity contribution in [3.8, 4) is 5.75 Å². The van der Waals surface area contributed by atoms with Crippen LogP contribution in [-0.2, 0) is 15.9 Å². The second-order valence-corrected chi connectivity index (χ2v) is 6.83. The summed E-state index contributed by atoms with van der Waals surface area (Å²) in [4.78, 5) is 14.3. The predicted molar refractivity (Wildman–Crippen MR) is 94.8 cm³/mol. The van der Waals surface area contributed by atoms with Crippen LogP contribution in [0, 0.1) is 0 Å². The molecule has 2 amide bonds. The number of hydrogen-bond donors (Lipinski definition) is 1. The van der Waals surface area contributed by atoms with Gasteiger partial charge in [0.05, 0.1) is 20.3 Å². The van der Waals surface area contributed by atoms with Gasteiger partial charge in [0.25, 0.3) is 0 Å². The average molecular weight is 348 g/mol. The molecule has 2 saturated heterocycles. The SMILES string of the molecule is COc1ccc(CCC(C)NC(=O)N2CCC3(CC2)OCCO3)cc1. The largest absolute Gasteiger partial charge is 0.497 e. The molecule has 0 aliphatic carbocycles. The first-order valence-electron chi connectivity index (χ1n) is 9.06. The lowest BCUT2D eigenvalue weighted by Crippen LogP contribution is -2.51. The molecule has 1 aromatic rings. The number of nitrogens with one attached hydrogen (secondary N) is 1. The van der Waals surface area contributed by atoms with Gasteiger partial charge >= 0.3 is 6.03 Å². The molecular formula is C19H28N2O4. The Kier molecular flexibility index (Phi) is 5.81. The second kappa shape index (κ2) is 8.06. The molecule has 0 bridgehead atoms. The third kappa shape index (κ3) is 4.64. The molecule has 2 fully saturated rings. The number of benzene rings is 1. The monoisotopic (exact) mass is 348 g/mol. The molecule has 2 heterocycles. The van der Waals surface area contributed by atoms with Crippen LogP contribution in [0.2, 0.25) is 0 Å². The summed E-state index contributed by atoms with van der Waals surface area (Å²) in [6.07, 6.45) is 3.33. The Balaban J connectivity index is 1.40. The molecule has 0 saturated carbocycles. The van der Waals surface area contributed by atoms with Crippen molar-refractivity contribution in [1.29, 1.82) is 0 Å². The smallest absolute Gasteiger partial charge is 0.317 e. The predicted octanol–water partition coefficient (Wildman–Crippen LogP) is 2.56. The molecule has 25 heavy (non-hydrogen) atoms. The number of amides is 2. The highest BCUT2D eigenvalue weighted by Gasteiger charge is 2.40. The highest BCUT2D eigenvalue weighted by molar-refractivity contribution is 5.74. The lowest BCUT2D eigenvalue weighted by molar-refractivity contribution is -0.181. The van der Waals surface area contributed by atoms with E-state index in [1.807, 2.05) is 17.0 Å². The maximum absolute atomic E-state index is 12.4. The average Bonchev–Trinajstić information content (AvgIpc) is 3.09. The van der Waals surface area contributed by atoms with Crippen LogP contribution in [0.4, 0.5) is 4.79 Å². The van der Waals surface area contributed by atoms with Gasteiger partial charge in [-0.1, -0.05) is 12.1 Å². The van der Waals surface area contributed by atoms with E-state index < -0.39 is 5.79 Å². The molecule has 138 valence electrons. The van der Waals surface area contributed by atoms with Gasteiger partial charge in [-0.3, -0.25) is 0 Å². The molecular weight excluding hydrogens is 320 g/mol. The lowest BCUT2D eigenvalue weighted by atomic mass is 10.0. The minimum atomic E-state index is -0.434. The fraction of sp³-hybridized carbons (Fsp3) is 0.632. The van der Waals surface area contributed by atoms with E-state index in [0.717, 1.165) is 31.4 Å². The Bertz CT molecular complexity index is 559. The summed E-state index contributed by atoms with van der Waals surface area (Å²) in [7, 11) is 1.67. The van der Waals surface area contributed by atoms with Crippen LogP contribution in [0.3, 0.4) is 0 Å². The molecule has 1 N–H and O–H groups in total. The quantitative estimate of drug-likeness (QED) is 0.888. The zero-order valence-electron chi connectivity index (χ0n) is 15.1. The summed E-state index contributed by atoms with van der Waals surface area (Å²) in [5.41, 5.74) is 1.25. The Morgan fingerprint density at radius 1 is 1.24 bits per heavy atom. The van der Waals surface area contributed by atoms with Crippen molar-refractivity contribution in [3.63, 3.8) is 0 Å². The fourth-order valence-corrected chi connectivity index (χ4v) is 3.39. The highest BCUT2D eigenvalue weighted by atomic mass is 16.7. The van der Waals surface area contributed by atoms with Crippen LogP contribution in [0.25, 0.3) is 0 Å². The van der Waals surface area contributed by atoms with Crippen molar-refractivity contribution in [2.75, 3.05) is 33.4 Å². The number of carbonyl (C=O) groups excluding carboxylic acids is 1. The maximum atomic E-state index is 12.4. The van der Waals surface area contributed by atoms with E-state index >= 15 is 0 Å². The Morgan fingerprint density at radius 2 is 1.88 bits per heavy atom. The number of aryl methyl sites for hydroxylation is 1. The number of likely N-dealkylation sites (tertiary alicyclic amines) is 1. The minimum absolute atomic E-state index is 0.00933. The summed E-state index contributed by atoms with van der Waals surface area (Å²) >= 11 is 0. The van der Waals surface area contributed by atoms with Crippen molar-refractivity contribution >= 4 is 6.03 Å². The van der Waals surface area contributed by atoms with Crippen LogP contribution in [0.5, 0.6) is 5.75 Å². The van der Waals surface area contributed by atoms with Gasteiger partial charge in [-0.25, -0.2) is 4.79 Å². The van der Waals surface area contributed by atoms with Gasteiger partial charge in [0.15, 0.2) is 5.79 Å². The first-order chi connectivity index (χ1) is 12.1. The summed E-state index contributed by atoms with van der Waals surface area (Å²) in [5, 5.41) is 3.10. The van der Waals surface area contributed by atoms with Crippen molar-refractivity contribution in [3.05, 3.63) is 29.8 Å². The van der Waals surface area contributed by atoms with Gasteiger partial charge in [0, 0.05) is 32.0 Å². The molecule has 0 radical (unpaired) electrons. The summed E-state index contributed by atoms with van der Waals surface area (Å²) < 4.78 is 16.6. The number of piperidine rings is 1. The summed E-state index contributed by atoms with van der Waals surface area (Å²) in [6, 6.07) is 8.21. The Labute approximate surface area is 149 Å². The fourth-order valence-electron chi connectivity index (χ4n) is 3.39. The molecule has 1 unspecified atom stereocenters. The molecule has 6 heteroatoms. The molecule has 3 rings (SSSR count). The Morgan fingerprint density at radius 3 is 2.48 bits per heavy atom. The van der Waals surface area contributed by atoms with Gasteiger partial charge in [0.2, 0.25) is 0 Å². The van der Waals surface area contributed by atoms with E-state index in [-0.39, 0.29) is 12.1 Å². The summed E-state index contributed by atoms with van der Waals surface area (Å²) in [5.74, 6) is 0.430. The zero-order valence-corrected chi connectivity index (χ0v) is 15.1. The van der Waals surface area contributed by atoms with Gasteiger partial charge in [0.1, 0.15) is 5.75 Å². The molecule has 1 spiro atoms. The number of methoxy groups -OCH3 is 1. The van der Waals surface area contributed by atoms with Crippen LogP contribution in [-0.4, -0.2) is 56.2 Å². The van der Waals surface area contributed by atoms with Crippen LogP contribution < -0.4 is 10.1 Å². The van der Waals surface area contributed by atoms with Crippen molar-refractivity contribution in [2.24, 2.45) is 0 Å². The topological polar surface area (TPSA) is 60.0 Å². The van der Waals surface area contributed by atoms with E-state index in [1.165, 1.54) is 5.56 Å². The van der Waals surface area contributed by atoms with Gasteiger partial charge < -0.3 is 24.4 Å². The third-order valence-corrected chi connectivity index (χ3v) is 5.02. The number of ether oxygens (including phenoxy) is 3. The first kappa shape index (κ1) is 18.0. The van der Waals surface area contributed by atoms with E-state index in [2.05, 4.69) is 24.4 Å². The Hall–Kier alpha value is -1.79. The highest BCUT2D eigenvalue weighted by Crippen LogP contribution is 2.31. The minimum Gasteiger partial charge on any atom is -0.497 e. The number of urea groups is 1. The lowest BCUT2D eigenvalue weighted by Gasteiger charge is -2.37.